The first-order valence-electron chi connectivity index (χ1n) is 7.35. The average Bonchev–Trinajstić information content (AvgIpc) is 2.85. The van der Waals surface area contributed by atoms with Gasteiger partial charge in [0.05, 0.1) is 4.90 Å². The van der Waals surface area contributed by atoms with Crippen LogP contribution in [-0.4, -0.2) is 21.5 Å². The van der Waals surface area contributed by atoms with Gasteiger partial charge in [-0.25, -0.2) is 13.1 Å². The van der Waals surface area contributed by atoms with Crippen molar-refractivity contribution in [3.05, 3.63) is 23.8 Å². The molecular formula is C15H24N2O2S. The van der Waals surface area contributed by atoms with Crippen molar-refractivity contribution in [3.8, 4) is 0 Å². The fourth-order valence-corrected chi connectivity index (χ4v) is 3.54. The number of hydrogen-bond donors (Lipinski definition) is 2. The summed E-state index contributed by atoms with van der Waals surface area (Å²) in [6.07, 6.45) is 4.00. The van der Waals surface area contributed by atoms with E-state index in [1.54, 1.807) is 12.1 Å². The molecule has 1 aromatic carbocycles. The molecule has 1 aliphatic heterocycles. The molecule has 1 aromatic rings. The lowest BCUT2D eigenvalue weighted by Crippen LogP contribution is -2.24. The highest BCUT2D eigenvalue weighted by atomic mass is 32.2. The Kier molecular flexibility index (Phi) is 5.05. The molecule has 20 heavy (non-hydrogen) atoms. The second-order valence-electron chi connectivity index (χ2n) is 5.78. The maximum atomic E-state index is 12.2. The summed E-state index contributed by atoms with van der Waals surface area (Å²) < 4.78 is 27.1. The highest BCUT2D eigenvalue weighted by Crippen LogP contribution is 2.24. The van der Waals surface area contributed by atoms with Crippen molar-refractivity contribution in [1.29, 1.82) is 0 Å². The van der Waals surface area contributed by atoms with E-state index in [9.17, 15) is 8.42 Å². The van der Waals surface area contributed by atoms with Gasteiger partial charge < -0.3 is 5.32 Å². The van der Waals surface area contributed by atoms with Crippen molar-refractivity contribution in [2.24, 2.45) is 5.92 Å². The van der Waals surface area contributed by atoms with Crippen molar-refractivity contribution in [2.45, 2.75) is 44.4 Å². The fourth-order valence-electron chi connectivity index (χ4n) is 2.42. The van der Waals surface area contributed by atoms with Crippen LogP contribution in [0.2, 0.25) is 0 Å². The van der Waals surface area contributed by atoms with E-state index in [0.717, 1.165) is 43.5 Å². The van der Waals surface area contributed by atoms with Crippen molar-refractivity contribution in [1.82, 2.24) is 4.72 Å². The summed E-state index contributed by atoms with van der Waals surface area (Å²) >= 11 is 0. The van der Waals surface area contributed by atoms with Crippen LogP contribution in [0.3, 0.4) is 0 Å². The molecule has 0 bridgehead atoms. The zero-order valence-corrected chi connectivity index (χ0v) is 13.1. The maximum absolute atomic E-state index is 12.2. The van der Waals surface area contributed by atoms with Crippen LogP contribution >= 0.6 is 0 Å². The van der Waals surface area contributed by atoms with Gasteiger partial charge in [-0.3, -0.25) is 0 Å². The smallest absolute Gasteiger partial charge is 0.240 e. The lowest BCUT2D eigenvalue weighted by atomic mass is 10.1. The molecule has 0 radical (unpaired) electrons. The van der Waals surface area contributed by atoms with Gasteiger partial charge in [0, 0.05) is 18.8 Å². The summed E-state index contributed by atoms with van der Waals surface area (Å²) in [6.45, 7) is 5.78. The Morgan fingerprint density at radius 1 is 1.30 bits per heavy atom. The van der Waals surface area contributed by atoms with Gasteiger partial charge in [-0.1, -0.05) is 26.7 Å². The van der Waals surface area contributed by atoms with Crippen LogP contribution in [0, 0.1) is 5.92 Å². The Hall–Kier alpha value is -1.07. The molecule has 5 heteroatoms. The first kappa shape index (κ1) is 15.3. The Balaban J connectivity index is 1.90. The zero-order chi connectivity index (χ0) is 14.6. The number of sulfonamides is 1. The number of nitrogens with one attached hydrogen (secondary N) is 2. The van der Waals surface area contributed by atoms with Crippen molar-refractivity contribution < 1.29 is 8.42 Å². The van der Waals surface area contributed by atoms with E-state index in [1.807, 2.05) is 6.07 Å². The summed E-state index contributed by atoms with van der Waals surface area (Å²) in [6, 6.07) is 5.31. The molecular weight excluding hydrogens is 272 g/mol. The van der Waals surface area contributed by atoms with Gasteiger partial charge in [-0.15, -0.1) is 0 Å². The van der Waals surface area contributed by atoms with E-state index in [2.05, 4.69) is 23.9 Å². The van der Waals surface area contributed by atoms with Gasteiger partial charge in [-0.05, 0) is 42.5 Å². The van der Waals surface area contributed by atoms with Crippen molar-refractivity contribution in [3.63, 3.8) is 0 Å². The molecule has 0 saturated carbocycles. The molecule has 0 spiro atoms. The lowest BCUT2D eigenvalue weighted by Gasteiger charge is -2.09. The van der Waals surface area contributed by atoms with Crippen LogP contribution < -0.4 is 10.0 Å². The third kappa shape index (κ3) is 3.96. The normalized spacial score (nSPS) is 14.3. The first-order valence-corrected chi connectivity index (χ1v) is 8.84. The number of hydrogen-bond acceptors (Lipinski definition) is 3. The van der Waals surface area contributed by atoms with Crippen LogP contribution in [0.15, 0.2) is 23.1 Å². The van der Waals surface area contributed by atoms with Gasteiger partial charge in [-0.2, -0.15) is 0 Å². The highest BCUT2D eigenvalue weighted by molar-refractivity contribution is 7.89. The Bertz CT molecular complexity index is 553. The zero-order valence-electron chi connectivity index (χ0n) is 12.3. The third-order valence-corrected chi connectivity index (χ3v) is 5.06. The molecule has 1 aliphatic rings. The molecule has 0 fully saturated rings. The number of anilines is 1. The number of fused-ring (bicyclic) bond motifs is 1. The fraction of sp³-hybridized carbons (Fsp3) is 0.600. The predicted octanol–water partition coefficient (Wildman–Crippen LogP) is 2.76. The van der Waals surface area contributed by atoms with Crippen LogP contribution in [0.4, 0.5) is 5.69 Å². The van der Waals surface area contributed by atoms with E-state index in [1.165, 1.54) is 0 Å². The van der Waals surface area contributed by atoms with Crippen molar-refractivity contribution >= 4 is 15.7 Å². The Labute approximate surface area is 122 Å². The minimum absolute atomic E-state index is 0.379. The molecule has 2 rings (SSSR count). The number of unbranched alkanes of at least 4 members (excludes halogenated alkanes) is 1. The minimum atomic E-state index is -3.36. The second kappa shape index (κ2) is 6.59. The van der Waals surface area contributed by atoms with Crippen LogP contribution in [0.1, 0.15) is 38.7 Å². The van der Waals surface area contributed by atoms with Gasteiger partial charge in [0.25, 0.3) is 0 Å². The Morgan fingerprint density at radius 3 is 2.85 bits per heavy atom. The quantitative estimate of drug-likeness (QED) is 0.761. The van der Waals surface area contributed by atoms with Gasteiger partial charge >= 0.3 is 0 Å². The van der Waals surface area contributed by atoms with Crippen LogP contribution in [0.5, 0.6) is 0 Å². The summed E-state index contributed by atoms with van der Waals surface area (Å²) in [5, 5.41) is 3.23. The third-order valence-electron chi connectivity index (χ3n) is 3.60. The summed E-state index contributed by atoms with van der Waals surface area (Å²) in [7, 11) is -3.36. The van der Waals surface area contributed by atoms with E-state index in [4.69, 9.17) is 0 Å². The number of benzene rings is 1. The molecule has 112 valence electrons. The van der Waals surface area contributed by atoms with Gasteiger partial charge in [0.2, 0.25) is 10.0 Å². The summed E-state index contributed by atoms with van der Waals surface area (Å²) in [5.74, 6) is 0.677. The molecule has 0 aromatic heterocycles. The predicted molar refractivity (Wildman–Crippen MR) is 82.5 cm³/mol. The van der Waals surface area contributed by atoms with Gasteiger partial charge in [0.15, 0.2) is 0 Å². The molecule has 1 heterocycles. The molecule has 0 atom stereocenters. The maximum Gasteiger partial charge on any atom is 0.240 e. The van der Waals surface area contributed by atoms with E-state index < -0.39 is 10.0 Å². The first-order chi connectivity index (χ1) is 9.49. The Morgan fingerprint density at radius 2 is 2.10 bits per heavy atom. The molecule has 0 amide bonds. The SMILES string of the molecule is CC(C)CCCCNS(=O)(=O)c1ccc2c(c1)CCN2. The molecule has 2 N–H and O–H groups in total. The van der Waals surface area contributed by atoms with Gasteiger partial charge in [0.1, 0.15) is 0 Å². The minimum Gasteiger partial charge on any atom is -0.384 e. The highest BCUT2D eigenvalue weighted by Gasteiger charge is 2.17. The monoisotopic (exact) mass is 296 g/mol. The lowest BCUT2D eigenvalue weighted by molar-refractivity contribution is 0.530. The summed E-state index contributed by atoms with van der Waals surface area (Å²) in [5.41, 5.74) is 2.15. The summed E-state index contributed by atoms with van der Waals surface area (Å²) in [4.78, 5) is 0.379. The largest absolute Gasteiger partial charge is 0.384 e. The van der Waals surface area contributed by atoms with E-state index in [-0.39, 0.29) is 0 Å². The average molecular weight is 296 g/mol. The van der Waals surface area contributed by atoms with Crippen LogP contribution in [0.25, 0.3) is 0 Å². The topological polar surface area (TPSA) is 58.2 Å². The molecule has 4 nitrogen and oxygen atoms in total. The number of rotatable bonds is 7. The molecule has 0 aliphatic carbocycles. The van der Waals surface area contributed by atoms with E-state index in [0.29, 0.717) is 17.4 Å². The second-order valence-corrected chi connectivity index (χ2v) is 7.55. The van der Waals surface area contributed by atoms with E-state index >= 15 is 0 Å². The van der Waals surface area contributed by atoms with Crippen molar-refractivity contribution in [2.75, 3.05) is 18.4 Å². The molecule has 0 saturated heterocycles. The molecule has 0 unspecified atom stereocenters. The standard InChI is InChI=1S/C15H24N2O2S/c1-12(2)5-3-4-9-17-20(18,19)14-6-7-15-13(11-14)8-10-16-15/h6-7,11-12,16-17H,3-5,8-10H2,1-2H3. The van der Waals surface area contributed by atoms with Crippen LogP contribution in [-0.2, 0) is 16.4 Å².